The molecule has 0 spiro atoms. The van der Waals surface area contributed by atoms with Gasteiger partial charge in [-0.3, -0.25) is 4.79 Å². The van der Waals surface area contributed by atoms with Gasteiger partial charge in [-0.15, -0.1) is 0 Å². The fraction of sp³-hybridized carbons (Fsp3) is 0.562. The van der Waals surface area contributed by atoms with Crippen LogP contribution in [0.2, 0.25) is 0 Å². The van der Waals surface area contributed by atoms with Crippen molar-refractivity contribution in [3.8, 4) is 0 Å². The number of rotatable bonds is 4. The third kappa shape index (κ3) is 5.43. The molecular formula is C16H25NO2. The van der Waals surface area contributed by atoms with Gasteiger partial charge in [-0.2, -0.15) is 0 Å². The van der Waals surface area contributed by atoms with Gasteiger partial charge in [0.2, 0.25) is 0 Å². The first-order chi connectivity index (χ1) is 8.71. The monoisotopic (exact) mass is 263 g/mol. The van der Waals surface area contributed by atoms with Gasteiger partial charge >= 0.3 is 0 Å². The molecule has 0 saturated heterocycles. The zero-order valence-electron chi connectivity index (χ0n) is 12.6. The Balaban J connectivity index is 2.77. The maximum Gasteiger partial charge on any atom is 0.251 e. The molecule has 0 heterocycles. The molecule has 0 aliphatic heterocycles. The number of hydrogen-bond donors (Lipinski definition) is 2. The van der Waals surface area contributed by atoms with Crippen LogP contribution in [-0.2, 0) is 0 Å². The minimum Gasteiger partial charge on any atom is -0.394 e. The number of amides is 1. The van der Waals surface area contributed by atoms with E-state index in [1.54, 1.807) is 0 Å². The van der Waals surface area contributed by atoms with Crippen LogP contribution in [0.25, 0.3) is 0 Å². The number of nitrogens with one attached hydrogen (secondary N) is 1. The molecule has 1 amide bonds. The van der Waals surface area contributed by atoms with E-state index in [0.717, 1.165) is 17.5 Å². The van der Waals surface area contributed by atoms with E-state index in [9.17, 15) is 9.90 Å². The van der Waals surface area contributed by atoms with Crippen molar-refractivity contribution in [2.45, 2.75) is 47.1 Å². The molecule has 1 aromatic carbocycles. The summed E-state index contributed by atoms with van der Waals surface area (Å²) in [5.74, 6) is -0.116. The molecule has 0 aromatic heterocycles. The Bertz CT molecular complexity index is 426. The third-order valence-electron chi connectivity index (χ3n) is 2.90. The summed E-state index contributed by atoms with van der Waals surface area (Å²) < 4.78 is 0. The van der Waals surface area contributed by atoms with Gasteiger partial charge in [0.15, 0.2) is 0 Å². The van der Waals surface area contributed by atoms with Crippen LogP contribution in [0, 0.1) is 19.3 Å². The van der Waals surface area contributed by atoms with Gasteiger partial charge in [0.25, 0.3) is 5.91 Å². The summed E-state index contributed by atoms with van der Waals surface area (Å²) in [5.41, 5.74) is 2.87. The molecule has 0 radical (unpaired) electrons. The first kappa shape index (κ1) is 15.7. The van der Waals surface area contributed by atoms with Crippen molar-refractivity contribution in [3.05, 3.63) is 34.9 Å². The molecular weight excluding hydrogens is 238 g/mol. The van der Waals surface area contributed by atoms with Crippen LogP contribution in [0.5, 0.6) is 0 Å². The van der Waals surface area contributed by atoms with Crippen molar-refractivity contribution in [1.82, 2.24) is 5.32 Å². The number of carbonyl (C=O) groups excluding carboxylic acids is 1. The summed E-state index contributed by atoms with van der Waals surface area (Å²) in [6.07, 6.45) is 0.750. The number of hydrogen-bond acceptors (Lipinski definition) is 2. The molecule has 0 aliphatic rings. The molecule has 19 heavy (non-hydrogen) atoms. The molecule has 1 rings (SSSR count). The van der Waals surface area contributed by atoms with Crippen molar-refractivity contribution >= 4 is 5.91 Å². The van der Waals surface area contributed by atoms with Gasteiger partial charge in [-0.1, -0.05) is 38.0 Å². The Labute approximate surface area is 116 Å². The minimum absolute atomic E-state index is 0.0339. The van der Waals surface area contributed by atoms with Gasteiger partial charge in [0.05, 0.1) is 12.6 Å². The van der Waals surface area contributed by atoms with Crippen molar-refractivity contribution in [3.63, 3.8) is 0 Å². The van der Waals surface area contributed by atoms with Crippen LogP contribution >= 0.6 is 0 Å². The molecule has 1 aromatic rings. The van der Waals surface area contributed by atoms with E-state index >= 15 is 0 Å². The Morgan fingerprint density at radius 2 is 1.74 bits per heavy atom. The van der Waals surface area contributed by atoms with Crippen LogP contribution < -0.4 is 5.32 Å². The minimum atomic E-state index is -0.201. The SMILES string of the molecule is Cc1cc(C)cc(C(=O)NC(CO)CC(C)(C)C)c1. The van der Waals surface area contributed by atoms with Gasteiger partial charge < -0.3 is 10.4 Å². The van der Waals surface area contributed by atoms with Gasteiger partial charge in [-0.25, -0.2) is 0 Å². The second-order valence-corrected chi connectivity index (χ2v) is 6.49. The summed E-state index contributed by atoms with van der Waals surface area (Å²) >= 11 is 0. The zero-order chi connectivity index (χ0) is 14.6. The summed E-state index contributed by atoms with van der Waals surface area (Å²) in [4.78, 5) is 12.2. The second kappa shape index (κ2) is 6.20. The molecule has 1 atom stereocenters. The molecule has 0 bridgehead atoms. The molecule has 106 valence electrons. The van der Waals surface area contributed by atoms with Crippen molar-refractivity contribution in [2.24, 2.45) is 5.41 Å². The topological polar surface area (TPSA) is 49.3 Å². The second-order valence-electron chi connectivity index (χ2n) is 6.49. The summed E-state index contributed by atoms with van der Waals surface area (Å²) in [5, 5.41) is 12.3. The first-order valence-electron chi connectivity index (χ1n) is 6.71. The molecule has 0 aliphatic carbocycles. The molecule has 3 nitrogen and oxygen atoms in total. The summed E-state index contributed by atoms with van der Waals surface area (Å²) in [6.45, 7) is 10.2. The number of aryl methyl sites for hydroxylation is 2. The molecule has 0 fully saturated rings. The Kier molecular flexibility index (Phi) is 5.12. The van der Waals surface area contributed by atoms with Crippen molar-refractivity contribution < 1.29 is 9.90 Å². The highest BCUT2D eigenvalue weighted by Crippen LogP contribution is 2.21. The molecule has 3 heteroatoms. The van der Waals surface area contributed by atoms with Crippen molar-refractivity contribution in [1.29, 1.82) is 0 Å². The van der Waals surface area contributed by atoms with E-state index < -0.39 is 0 Å². The quantitative estimate of drug-likeness (QED) is 0.877. The number of aliphatic hydroxyl groups is 1. The van der Waals surface area contributed by atoms with Crippen LogP contribution in [0.3, 0.4) is 0 Å². The Morgan fingerprint density at radius 1 is 1.21 bits per heavy atom. The van der Waals surface area contributed by atoms with E-state index in [1.165, 1.54) is 0 Å². The van der Waals surface area contributed by atoms with Crippen molar-refractivity contribution in [2.75, 3.05) is 6.61 Å². The van der Waals surface area contributed by atoms with E-state index in [-0.39, 0.29) is 24.0 Å². The number of carbonyl (C=O) groups is 1. The lowest BCUT2D eigenvalue weighted by atomic mass is 9.88. The average Bonchev–Trinajstić information content (AvgIpc) is 2.24. The fourth-order valence-corrected chi connectivity index (χ4v) is 2.27. The Hall–Kier alpha value is -1.35. The highest BCUT2D eigenvalue weighted by Gasteiger charge is 2.20. The molecule has 1 unspecified atom stereocenters. The lowest BCUT2D eigenvalue weighted by Gasteiger charge is -2.25. The zero-order valence-corrected chi connectivity index (χ0v) is 12.6. The largest absolute Gasteiger partial charge is 0.394 e. The first-order valence-corrected chi connectivity index (χ1v) is 6.71. The lowest BCUT2D eigenvalue weighted by molar-refractivity contribution is 0.0897. The normalized spacial score (nSPS) is 13.2. The van der Waals surface area contributed by atoms with E-state index in [1.807, 2.05) is 32.0 Å². The Morgan fingerprint density at radius 3 is 2.16 bits per heavy atom. The van der Waals surface area contributed by atoms with E-state index in [4.69, 9.17) is 0 Å². The smallest absolute Gasteiger partial charge is 0.251 e. The third-order valence-corrected chi connectivity index (χ3v) is 2.90. The molecule has 2 N–H and O–H groups in total. The molecule has 0 saturated carbocycles. The lowest BCUT2D eigenvalue weighted by Crippen LogP contribution is -2.40. The van der Waals surface area contributed by atoms with E-state index in [0.29, 0.717) is 5.56 Å². The maximum absolute atomic E-state index is 12.2. The maximum atomic E-state index is 12.2. The van der Waals surface area contributed by atoms with Crippen LogP contribution in [0.15, 0.2) is 18.2 Å². The van der Waals surface area contributed by atoms with Gasteiger partial charge in [0, 0.05) is 5.56 Å². The standard InChI is InChI=1S/C16H25NO2/c1-11-6-12(2)8-13(7-11)15(19)17-14(10-18)9-16(3,4)5/h6-8,14,18H,9-10H2,1-5H3,(H,17,19). The van der Waals surface area contributed by atoms with Gasteiger partial charge in [-0.05, 0) is 37.8 Å². The van der Waals surface area contributed by atoms with Crippen LogP contribution in [0.1, 0.15) is 48.7 Å². The van der Waals surface area contributed by atoms with E-state index in [2.05, 4.69) is 26.1 Å². The predicted molar refractivity (Wildman–Crippen MR) is 78.3 cm³/mol. The summed E-state index contributed by atoms with van der Waals surface area (Å²) in [7, 11) is 0. The average molecular weight is 263 g/mol. The highest BCUT2D eigenvalue weighted by atomic mass is 16.3. The number of benzene rings is 1. The number of aliphatic hydroxyl groups excluding tert-OH is 1. The highest BCUT2D eigenvalue weighted by molar-refractivity contribution is 5.94. The van der Waals surface area contributed by atoms with Crippen LogP contribution in [-0.4, -0.2) is 23.7 Å². The fourth-order valence-electron chi connectivity index (χ4n) is 2.27. The van der Waals surface area contributed by atoms with Gasteiger partial charge in [0.1, 0.15) is 0 Å². The predicted octanol–water partition coefficient (Wildman–Crippen LogP) is 2.83. The van der Waals surface area contributed by atoms with Crippen LogP contribution in [0.4, 0.5) is 0 Å². The summed E-state index contributed by atoms with van der Waals surface area (Å²) in [6, 6.07) is 5.57.